The third-order valence-electron chi connectivity index (χ3n) is 7.22. The number of likely N-dealkylation sites (N-methyl/N-ethyl adjacent to an activating group) is 1. The van der Waals surface area contributed by atoms with Crippen LogP contribution in [-0.4, -0.2) is 63.1 Å². The molecule has 0 radical (unpaired) electrons. The summed E-state index contributed by atoms with van der Waals surface area (Å²) in [6.07, 6.45) is 3.54. The van der Waals surface area contributed by atoms with Gasteiger partial charge in [-0.1, -0.05) is 12.1 Å². The Morgan fingerprint density at radius 1 is 1.09 bits per heavy atom. The van der Waals surface area contributed by atoms with Crippen molar-refractivity contribution in [1.82, 2.24) is 9.88 Å². The fourth-order valence-electron chi connectivity index (χ4n) is 5.13. The van der Waals surface area contributed by atoms with Gasteiger partial charge in [0.25, 0.3) is 0 Å². The van der Waals surface area contributed by atoms with Crippen LogP contribution in [0.3, 0.4) is 0 Å². The summed E-state index contributed by atoms with van der Waals surface area (Å²) in [6, 6.07) is 16.9. The zero-order chi connectivity index (χ0) is 23.5. The number of pyridine rings is 1. The Kier molecular flexibility index (Phi) is 6.88. The molecule has 0 bridgehead atoms. The van der Waals surface area contributed by atoms with Gasteiger partial charge in [-0.05, 0) is 87.2 Å². The van der Waals surface area contributed by atoms with E-state index in [9.17, 15) is 0 Å². The molecule has 0 saturated carbocycles. The molecule has 2 aliphatic rings. The molecule has 3 heterocycles. The first kappa shape index (κ1) is 22.9. The predicted molar refractivity (Wildman–Crippen MR) is 136 cm³/mol. The highest BCUT2D eigenvalue weighted by molar-refractivity contribution is 5.85. The van der Waals surface area contributed by atoms with Gasteiger partial charge >= 0.3 is 0 Å². The second-order valence-electron chi connectivity index (χ2n) is 9.53. The van der Waals surface area contributed by atoms with Gasteiger partial charge in [0, 0.05) is 31.8 Å². The van der Waals surface area contributed by atoms with Crippen LogP contribution in [0.15, 0.2) is 48.5 Å². The van der Waals surface area contributed by atoms with Crippen molar-refractivity contribution in [1.29, 1.82) is 0 Å². The van der Waals surface area contributed by atoms with Crippen molar-refractivity contribution in [3.8, 4) is 11.5 Å². The number of aromatic nitrogens is 1. The molecule has 34 heavy (non-hydrogen) atoms. The van der Waals surface area contributed by atoms with Gasteiger partial charge in [-0.2, -0.15) is 0 Å². The predicted octanol–water partition coefficient (Wildman–Crippen LogP) is 4.68. The Morgan fingerprint density at radius 2 is 1.94 bits per heavy atom. The van der Waals surface area contributed by atoms with Crippen LogP contribution in [0.5, 0.6) is 11.5 Å². The molecule has 1 unspecified atom stereocenters. The Morgan fingerprint density at radius 3 is 2.76 bits per heavy atom. The summed E-state index contributed by atoms with van der Waals surface area (Å²) >= 11 is 0. The van der Waals surface area contributed by atoms with Crippen molar-refractivity contribution in [3.05, 3.63) is 59.8 Å². The van der Waals surface area contributed by atoms with Crippen LogP contribution < -0.4 is 14.4 Å². The standard InChI is InChI=1S/C28H35N3O3/c1-20-7-9-23-24(29-20)5-4-6-26(23)33-16-15-31-13-11-21(12-14-31)17-22-8-10-27-25(18-22)30(2)28(32-3)19-34-27/h4-10,18,21,28H,11-17,19H2,1-3H3. The van der Waals surface area contributed by atoms with Crippen LogP contribution in [0.4, 0.5) is 5.69 Å². The van der Waals surface area contributed by atoms with Gasteiger partial charge in [0.1, 0.15) is 24.7 Å². The van der Waals surface area contributed by atoms with Gasteiger partial charge < -0.3 is 19.1 Å². The van der Waals surface area contributed by atoms with Gasteiger partial charge in [-0.15, -0.1) is 0 Å². The van der Waals surface area contributed by atoms with Gasteiger partial charge in [-0.3, -0.25) is 9.88 Å². The van der Waals surface area contributed by atoms with Crippen LogP contribution in [-0.2, 0) is 11.2 Å². The van der Waals surface area contributed by atoms with Crippen LogP contribution >= 0.6 is 0 Å². The lowest BCUT2D eigenvalue weighted by Crippen LogP contribution is -2.41. The van der Waals surface area contributed by atoms with E-state index < -0.39 is 0 Å². The Balaban J connectivity index is 1.11. The SMILES string of the molecule is COC1COc2ccc(CC3CCN(CCOc4cccc5nc(C)ccc45)CC3)cc2N1C. The van der Waals surface area contributed by atoms with Gasteiger partial charge in [0.15, 0.2) is 6.23 Å². The fraction of sp³-hybridized carbons (Fsp3) is 0.464. The quantitative estimate of drug-likeness (QED) is 0.509. The number of methoxy groups -OCH3 is 1. The highest BCUT2D eigenvalue weighted by atomic mass is 16.5. The average Bonchev–Trinajstić information content (AvgIpc) is 2.85. The minimum atomic E-state index is -0.0255. The van der Waals surface area contributed by atoms with Crippen molar-refractivity contribution in [2.24, 2.45) is 5.92 Å². The normalized spacial score (nSPS) is 19.1. The highest BCUT2D eigenvalue weighted by Gasteiger charge is 2.25. The van der Waals surface area contributed by atoms with E-state index in [0.717, 1.165) is 65.8 Å². The van der Waals surface area contributed by atoms with E-state index in [1.807, 2.05) is 31.2 Å². The molecular weight excluding hydrogens is 426 g/mol. The van der Waals surface area contributed by atoms with E-state index in [-0.39, 0.29) is 6.23 Å². The van der Waals surface area contributed by atoms with E-state index in [4.69, 9.17) is 14.2 Å². The van der Waals surface area contributed by atoms with Crippen LogP contribution in [0.2, 0.25) is 0 Å². The molecular formula is C28H35N3O3. The summed E-state index contributed by atoms with van der Waals surface area (Å²) < 4.78 is 17.6. The minimum Gasteiger partial charge on any atom is -0.492 e. The van der Waals surface area contributed by atoms with Gasteiger partial charge in [0.05, 0.1) is 11.2 Å². The van der Waals surface area contributed by atoms with E-state index in [1.165, 1.54) is 18.4 Å². The van der Waals surface area contributed by atoms with Crippen molar-refractivity contribution >= 4 is 16.6 Å². The molecule has 0 spiro atoms. The van der Waals surface area contributed by atoms with E-state index >= 15 is 0 Å². The van der Waals surface area contributed by atoms with Gasteiger partial charge in [0.2, 0.25) is 0 Å². The topological polar surface area (TPSA) is 47.1 Å². The smallest absolute Gasteiger partial charge is 0.164 e. The monoisotopic (exact) mass is 461 g/mol. The summed E-state index contributed by atoms with van der Waals surface area (Å²) in [5, 5.41) is 1.09. The van der Waals surface area contributed by atoms with E-state index in [2.05, 4.69) is 46.1 Å². The third-order valence-corrected chi connectivity index (χ3v) is 7.22. The third kappa shape index (κ3) is 4.98. The number of ether oxygens (including phenoxy) is 3. The number of piperidine rings is 1. The molecule has 0 amide bonds. The molecule has 0 N–H and O–H groups in total. The summed E-state index contributed by atoms with van der Waals surface area (Å²) in [7, 11) is 3.81. The van der Waals surface area contributed by atoms with Crippen LogP contribution in [0.1, 0.15) is 24.1 Å². The molecule has 1 aromatic heterocycles. The maximum absolute atomic E-state index is 6.16. The summed E-state index contributed by atoms with van der Waals surface area (Å²) in [4.78, 5) is 9.31. The Labute approximate surface area is 202 Å². The Hall–Kier alpha value is -2.83. The fourth-order valence-corrected chi connectivity index (χ4v) is 5.13. The summed E-state index contributed by atoms with van der Waals surface area (Å²) in [5.41, 5.74) is 4.54. The van der Waals surface area contributed by atoms with E-state index in [0.29, 0.717) is 13.2 Å². The number of benzene rings is 2. The van der Waals surface area contributed by atoms with Gasteiger partial charge in [-0.25, -0.2) is 0 Å². The van der Waals surface area contributed by atoms with Crippen molar-refractivity contribution in [2.75, 3.05) is 51.9 Å². The van der Waals surface area contributed by atoms with E-state index in [1.54, 1.807) is 7.11 Å². The lowest BCUT2D eigenvalue weighted by molar-refractivity contribution is 0.0496. The number of hydrogen-bond donors (Lipinski definition) is 0. The Bertz CT molecular complexity index is 1130. The number of likely N-dealkylation sites (tertiary alicyclic amines) is 1. The number of aryl methyl sites for hydroxylation is 1. The molecule has 5 rings (SSSR count). The lowest BCUT2D eigenvalue weighted by atomic mass is 9.90. The van der Waals surface area contributed by atoms with Crippen LogP contribution in [0.25, 0.3) is 10.9 Å². The molecule has 1 saturated heterocycles. The molecule has 2 aliphatic heterocycles. The number of anilines is 1. The molecule has 3 aromatic rings. The maximum atomic E-state index is 6.16. The molecule has 1 atom stereocenters. The number of fused-ring (bicyclic) bond motifs is 2. The molecule has 6 heteroatoms. The average molecular weight is 462 g/mol. The highest BCUT2D eigenvalue weighted by Crippen LogP contribution is 2.35. The number of rotatable bonds is 7. The zero-order valence-corrected chi connectivity index (χ0v) is 20.5. The molecule has 2 aromatic carbocycles. The second-order valence-corrected chi connectivity index (χ2v) is 9.53. The molecule has 180 valence electrons. The first-order valence-corrected chi connectivity index (χ1v) is 12.3. The molecule has 0 aliphatic carbocycles. The van der Waals surface area contributed by atoms with Crippen LogP contribution in [0, 0.1) is 12.8 Å². The van der Waals surface area contributed by atoms with Crippen molar-refractivity contribution < 1.29 is 14.2 Å². The second kappa shape index (κ2) is 10.2. The minimum absolute atomic E-state index is 0.0255. The number of hydrogen-bond acceptors (Lipinski definition) is 6. The lowest BCUT2D eigenvalue weighted by Gasteiger charge is -2.35. The largest absolute Gasteiger partial charge is 0.492 e. The van der Waals surface area contributed by atoms with Crippen molar-refractivity contribution in [3.63, 3.8) is 0 Å². The zero-order valence-electron chi connectivity index (χ0n) is 20.5. The van der Waals surface area contributed by atoms with Crippen molar-refractivity contribution in [2.45, 2.75) is 32.4 Å². The summed E-state index contributed by atoms with van der Waals surface area (Å²) in [5.74, 6) is 2.60. The summed E-state index contributed by atoms with van der Waals surface area (Å²) in [6.45, 7) is 6.51. The first-order valence-electron chi connectivity index (χ1n) is 12.3. The maximum Gasteiger partial charge on any atom is 0.164 e. The first-order chi connectivity index (χ1) is 16.6. The molecule has 1 fully saturated rings. The number of nitrogens with zero attached hydrogens (tertiary/aromatic N) is 3. The molecule has 6 nitrogen and oxygen atoms in total.